The number of benzene rings is 1. The monoisotopic (exact) mass is 248 g/mol. The third kappa shape index (κ3) is 3.30. The molecule has 0 aromatic heterocycles. The van der Waals surface area contributed by atoms with Gasteiger partial charge in [0.15, 0.2) is 0 Å². The fraction of sp³-hybridized carbons (Fsp3) is 0.357. The third-order valence-electron chi connectivity index (χ3n) is 2.62. The molecule has 0 unspecified atom stereocenters. The van der Waals surface area contributed by atoms with Crippen LogP contribution in [0.15, 0.2) is 30.9 Å². The normalized spacial score (nSPS) is 11.1. The van der Waals surface area contributed by atoms with Crippen molar-refractivity contribution in [2.24, 2.45) is 0 Å². The van der Waals surface area contributed by atoms with Crippen molar-refractivity contribution in [1.82, 2.24) is 0 Å². The van der Waals surface area contributed by atoms with Crippen LogP contribution in [0.3, 0.4) is 0 Å². The van der Waals surface area contributed by atoms with Crippen LogP contribution in [0.25, 0.3) is 0 Å². The standard InChI is InChI=1S/C14H20O2Si/c1-6-11-9-8-10-12(16-13(15)7-2)14(11)17(3,4)5/h7-10H,2,6H2,1,3-5H3. The Kier molecular flexibility index (Phi) is 4.29. The Balaban J connectivity index is 3.29. The number of carbonyl (C=O) groups is 1. The summed E-state index contributed by atoms with van der Waals surface area (Å²) in [7, 11) is -1.53. The second kappa shape index (κ2) is 5.32. The van der Waals surface area contributed by atoms with E-state index in [1.54, 1.807) is 0 Å². The molecule has 0 saturated heterocycles. The Morgan fingerprint density at radius 3 is 2.53 bits per heavy atom. The molecular formula is C14H20O2Si. The summed E-state index contributed by atoms with van der Waals surface area (Å²) in [6.45, 7) is 12.3. The van der Waals surface area contributed by atoms with Gasteiger partial charge in [0.05, 0.1) is 8.07 Å². The van der Waals surface area contributed by atoms with Crippen molar-refractivity contribution in [3.8, 4) is 5.75 Å². The van der Waals surface area contributed by atoms with Gasteiger partial charge in [-0.15, -0.1) is 0 Å². The molecule has 0 N–H and O–H groups in total. The van der Waals surface area contributed by atoms with Crippen LogP contribution < -0.4 is 9.92 Å². The van der Waals surface area contributed by atoms with Crippen LogP contribution in [-0.4, -0.2) is 14.0 Å². The minimum Gasteiger partial charge on any atom is -0.424 e. The number of hydrogen-bond donors (Lipinski definition) is 0. The summed E-state index contributed by atoms with van der Waals surface area (Å²) in [6, 6.07) is 5.92. The van der Waals surface area contributed by atoms with E-state index >= 15 is 0 Å². The molecule has 1 aromatic rings. The van der Waals surface area contributed by atoms with Gasteiger partial charge in [0, 0.05) is 6.08 Å². The molecule has 92 valence electrons. The third-order valence-corrected chi connectivity index (χ3v) is 4.69. The van der Waals surface area contributed by atoms with Gasteiger partial charge in [0.25, 0.3) is 0 Å². The van der Waals surface area contributed by atoms with Gasteiger partial charge in [-0.05, 0) is 23.2 Å². The molecule has 0 saturated carbocycles. The number of carbonyl (C=O) groups excluding carboxylic acids is 1. The Labute approximate surface area is 104 Å². The molecule has 0 atom stereocenters. The summed E-state index contributed by atoms with van der Waals surface area (Å²) in [5.74, 6) is 0.311. The van der Waals surface area contributed by atoms with Gasteiger partial charge >= 0.3 is 5.97 Å². The van der Waals surface area contributed by atoms with Gasteiger partial charge in [0.2, 0.25) is 0 Å². The summed E-state index contributed by atoms with van der Waals surface area (Å²) < 4.78 is 5.34. The molecule has 1 rings (SSSR count). The average Bonchev–Trinajstić information content (AvgIpc) is 2.26. The van der Waals surface area contributed by atoms with Crippen molar-refractivity contribution in [3.63, 3.8) is 0 Å². The first-order valence-corrected chi connectivity index (χ1v) is 9.36. The second-order valence-corrected chi connectivity index (χ2v) is 10.0. The highest BCUT2D eigenvalue weighted by atomic mass is 28.3. The fourth-order valence-electron chi connectivity index (χ4n) is 1.96. The molecule has 17 heavy (non-hydrogen) atoms. The van der Waals surface area contributed by atoms with E-state index in [-0.39, 0.29) is 0 Å². The molecular weight excluding hydrogens is 228 g/mol. The summed E-state index contributed by atoms with van der Waals surface area (Å²) in [6.07, 6.45) is 2.16. The van der Waals surface area contributed by atoms with Gasteiger partial charge in [-0.2, -0.15) is 0 Å². The number of rotatable bonds is 4. The molecule has 3 heteroatoms. The number of hydrogen-bond acceptors (Lipinski definition) is 2. The van der Waals surface area contributed by atoms with Gasteiger partial charge in [0.1, 0.15) is 5.75 Å². The van der Waals surface area contributed by atoms with Crippen molar-refractivity contribution < 1.29 is 9.53 Å². The van der Waals surface area contributed by atoms with Crippen molar-refractivity contribution in [1.29, 1.82) is 0 Å². The van der Waals surface area contributed by atoms with E-state index in [1.165, 1.54) is 16.8 Å². The van der Waals surface area contributed by atoms with Gasteiger partial charge < -0.3 is 4.74 Å². The second-order valence-electron chi connectivity index (χ2n) is 5.02. The molecule has 0 bridgehead atoms. The maximum absolute atomic E-state index is 11.3. The highest BCUT2D eigenvalue weighted by molar-refractivity contribution is 6.89. The molecule has 0 heterocycles. The lowest BCUT2D eigenvalue weighted by Crippen LogP contribution is -2.41. The maximum Gasteiger partial charge on any atom is 0.335 e. The maximum atomic E-state index is 11.3. The molecule has 0 amide bonds. The molecule has 1 aromatic carbocycles. The molecule has 0 aliphatic heterocycles. The van der Waals surface area contributed by atoms with Crippen LogP contribution in [0, 0.1) is 0 Å². The largest absolute Gasteiger partial charge is 0.424 e. The van der Waals surface area contributed by atoms with E-state index in [9.17, 15) is 4.79 Å². The van der Waals surface area contributed by atoms with Crippen LogP contribution in [0.2, 0.25) is 19.6 Å². The number of aryl methyl sites for hydroxylation is 1. The summed E-state index contributed by atoms with van der Waals surface area (Å²) in [5, 5.41) is 1.23. The van der Waals surface area contributed by atoms with Crippen molar-refractivity contribution in [3.05, 3.63) is 36.4 Å². The SMILES string of the molecule is C=CC(=O)Oc1cccc(CC)c1[Si](C)(C)C. The van der Waals surface area contributed by atoms with Crippen LogP contribution in [0.4, 0.5) is 0 Å². The lowest BCUT2D eigenvalue weighted by atomic mass is 10.1. The van der Waals surface area contributed by atoms with Crippen LogP contribution in [0.1, 0.15) is 12.5 Å². The van der Waals surface area contributed by atoms with Gasteiger partial charge in [-0.25, -0.2) is 4.79 Å². The molecule has 0 aliphatic rings. The average molecular weight is 248 g/mol. The zero-order chi connectivity index (χ0) is 13.1. The fourth-order valence-corrected chi connectivity index (χ4v) is 4.05. The first-order chi connectivity index (χ1) is 7.90. The lowest BCUT2D eigenvalue weighted by Gasteiger charge is -2.23. The highest BCUT2D eigenvalue weighted by Crippen LogP contribution is 2.18. The van der Waals surface area contributed by atoms with Gasteiger partial charge in [-0.3, -0.25) is 0 Å². The molecule has 0 spiro atoms. The number of esters is 1. The molecule has 0 fully saturated rings. The Bertz CT molecular complexity index is 430. The molecule has 2 nitrogen and oxygen atoms in total. The van der Waals surface area contributed by atoms with Crippen LogP contribution >= 0.6 is 0 Å². The minimum absolute atomic E-state index is 0.391. The lowest BCUT2D eigenvalue weighted by molar-refractivity contribution is -0.128. The Morgan fingerprint density at radius 1 is 1.41 bits per heavy atom. The first-order valence-electron chi connectivity index (χ1n) is 5.86. The Hall–Kier alpha value is -1.35. The predicted octanol–water partition coefficient (Wildman–Crippen LogP) is 2.89. The Morgan fingerprint density at radius 2 is 2.06 bits per heavy atom. The number of ether oxygens (including phenoxy) is 1. The quantitative estimate of drug-likeness (QED) is 0.354. The van der Waals surface area contributed by atoms with E-state index < -0.39 is 14.0 Å². The van der Waals surface area contributed by atoms with E-state index in [0.717, 1.165) is 6.42 Å². The first kappa shape index (κ1) is 13.7. The predicted molar refractivity (Wildman–Crippen MR) is 74.6 cm³/mol. The topological polar surface area (TPSA) is 26.3 Å². The zero-order valence-corrected chi connectivity index (χ0v) is 12.0. The summed E-state index contributed by atoms with van der Waals surface area (Å²) in [5.41, 5.74) is 1.28. The molecule has 0 radical (unpaired) electrons. The highest BCUT2D eigenvalue weighted by Gasteiger charge is 2.24. The van der Waals surface area contributed by atoms with Crippen LogP contribution in [-0.2, 0) is 11.2 Å². The smallest absolute Gasteiger partial charge is 0.335 e. The van der Waals surface area contributed by atoms with E-state index in [1.807, 2.05) is 12.1 Å². The summed E-state index contributed by atoms with van der Waals surface area (Å²) in [4.78, 5) is 11.3. The minimum atomic E-state index is -1.53. The molecule has 0 aliphatic carbocycles. The zero-order valence-electron chi connectivity index (χ0n) is 11.0. The summed E-state index contributed by atoms with van der Waals surface area (Å²) >= 11 is 0. The van der Waals surface area contributed by atoms with Crippen molar-refractivity contribution in [2.75, 3.05) is 0 Å². The van der Waals surface area contributed by atoms with Crippen LogP contribution in [0.5, 0.6) is 5.75 Å². The van der Waals surface area contributed by atoms with E-state index in [4.69, 9.17) is 4.74 Å². The van der Waals surface area contributed by atoms with Crippen molar-refractivity contribution in [2.45, 2.75) is 33.0 Å². The van der Waals surface area contributed by atoms with E-state index in [0.29, 0.717) is 5.75 Å². The van der Waals surface area contributed by atoms with E-state index in [2.05, 4.69) is 39.2 Å². The van der Waals surface area contributed by atoms with Gasteiger partial charge in [-0.1, -0.05) is 45.3 Å². The van der Waals surface area contributed by atoms with Crippen molar-refractivity contribution >= 4 is 19.2 Å².